The van der Waals surface area contributed by atoms with E-state index in [4.69, 9.17) is 0 Å². The van der Waals surface area contributed by atoms with Crippen molar-refractivity contribution in [3.05, 3.63) is 23.8 Å². The lowest BCUT2D eigenvalue weighted by Crippen LogP contribution is -2.33. The van der Waals surface area contributed by atoms with Crippen LogP contribution in [0.4, 0.5) is 0 Å². The first-order chi connectivity index (χ1) is 11.3. The van der Waals surface area contributed by atoms with Crippen LogP contribution in [0.2, 0.25) is 0 Å². The van der Waals surface area contributed by atoms with Gasteiger partial charge in [0.25, 0.3) is 0 Å². The molecule has 24 heavy (non-hydrogen) atoms. The second-order valence-electron chi connectivity index (χ2n) is 6.03. The molecule has 0 saturated carbocycles. The Balaban J connectivity index is 2.05. The molecule has 1 aliphatic rings. The van der Waals surface area contributed by atoms with Crippen LogP contribution >= 0.6 is 0 Å². The molecule has 1 aromatic rings. The first-order valence-electron chi connectivity index (χ1n) is 8.01. The van der Waals surface area contributed by atoms with Crippen LogP contribution in [0.5, 0.6) is 0 Å². The number of hydrogen-bond donors (Lipinski definition) is 3. The quantitative estimate of drug-likeness (QED) is 0.646. The van der Waals surface area contributed by atoms with Crippen LogP contribution in [0.15, 0.2) is 28.0 Å². The Hall–Kier alpha value is -1.00. The number of benzene rings is 1. The van der Waals surface area contributed by atoms with Crippen molar-refractivity contribution in [1.82, 2.24) is 14.8 Å². The third-order valence-corrected chi connectivity index (χ3v) is 7.29. The number of aryl methyl sites for hydroxylation is 1. The Morgan fingerprint density at radius 2 is 1.96 bits per heavy atom. The van der Waals surface area contributed by atoms with Crippen molar-refractivity contribution in [2.75, 3.05) is 26.7 Å². The average Bonchev–Trinajstić information content (AvgIpc) is 2.55. The fourth-order valence-corrected chi connectivity index (χ4v) is 4.93. The molecule has 1 unspecified atom stereocenters. The summed E-state index contributed by atoms with van der Waals surface area (Å²) < 4.78 is 53.3. The van der Waals surface area contributed by atoms with Crippen molar-refractivity contribution in [2.45, 2.75) is 36.0 Å². The molecule has 136 valence electrons. The molecule has 1 saturated heterocycles. The fraction of sp³-hybridized carbons (Fsp3) is 0.600. The summed E-state index contributed by atoms with van der Waals surface area (Å²) in [6, 6.07) is 4.03. The summed E-state index contributed by atoms with van der Waals surface area (Å²) in [5, 5.41) is 3.31. The molecule has 0 bridgehead atoms. The van der Waals surface area contributed by atoms with Crippen molar-refractivity contribution in [3.8, 4) is 0 Å². The van der Waals surface area contributed by atoms with E-state index in [1.807, 2.05) is 0 Å². The van der Waals surface area contributed by atoms with Crippen LogP contribution in [0.1, 0.15) is 24.8 Å². The molecule has 0 radical (unpaired) electrons. The van der Waals surface area contributed by atoms with E-state index in [9.17, 15) is 16.8 Å². The molecule has 0 aliphatic carbocycles. The van der Waals surface area contributed by atoms with Crippen molar-refractivity contribution < 1.29 is 16.8 Å². The lowest BCUT2D eigenvalue weighted by molar-refractivity contribution is 0.358. The summed E-state index contributed by atoms with van der Waals surface area (Å²) in [7, 11) is -5.91. The summed E-state index contributed by atoms with van der Waals surface area (Å²) in [6.45, 7) is 3.92. The zero-order chi connectivity index (χ0) is 17.8. The molecule has 1 aromatic carbocycles. The molecule has 0 spiro atoms. The van der Waals surface area contributed by atoms with Gasteiger partial charge in [0.2, 0.25) is 20.0 Å². The largest absolute Gasteiger partial charge is 0.316 e. The van der Waals surface area contributed by atoms with Gasteiger partial charge in [0, 0.05) is 6.54 Å². The molecule has 1 fully saturated rings. The van der Waals surface area contributed by atoms with Gasteiger partial charge in [0.05, 0.1) is 9.79 Å². The molecular formula is C15H25N3O4S2. The smallest absolute Gasteiger partial charge is 0.240 e. The van der Waals surface area contributed by atoms with Crippen molar-refractivity contribution in [2.24, 2.45) is 5.92 Å². The van der Waals surface area contributed by atoms with Crippen molar-refractivity contribution >= 4 is 20.0 Å². The molecule has 9 heteroatoms. The molecular weight excluding hydrogens is 350 g/mol. The Kier molecular flexibility index (Phi) is 6.38. The fourth-order valence-electron chi connectivity index (χ4n) is 2.85. The van der Waals surface area contributed by atoms with Gasteiger partial charge < -0.3 is 5.32 Å². The van der Waals surface area contributed by atoms with Crippen molar-refractivity contribution in [3.63, 3.8) is 0 Å². The van der Waals surface area contributed by atoms with E-state index in [0.29, 0.717) is 18.0 Å². The predicted octanol–water partition coefficient (Wildman–Crippen LogP) is 0.571. The van der Waals surface area contributed by atoms with Gasteiger partial charge in [-0.2, -0.15) is 0 Å². The zero-order valence-corrected chi connectivity index (χ0v) is 15.6. The van der Waals surface area contributed by atoms with E-state index in [0.717, 1.165) is 32.4 Å². The van der Waals surface area contributed by atoms with Crippen LogP contribution in [-0.2, 0) is 20.0 Å². The normalized spacial score (nSPS) is 19.3. The van der Waals surface area contributed by atoms with E-state index in [-0.39, 0.29) is 9.79 Å². The van der Waals surface area contributed by atoms with Gasteiger partial charge in [0.1, 0.15) is 0 Å². The van der Waals surface area contributed by atoms with Crippen LogP contribution < -0.4 is 14.8 Å². The summed E-state index contributed by atoms with van der Waals surface area (Å²) in [5.74, 6) is 0.492. The Morgan fingerprint density at radius 1 is 1.21 bits per heavy atom. The van der Waals surface area contributed by atoms with Crippen LogP contribution in [-0.4, -0.2) is 43.5 Å². The van der Waals surface area contributed by atoms with Gasteiger partial charge in [-0.3, -0.25) is 0 Å². The van der Waals surface area contributed by atoms with E-state index < -0.39 is 20.0 Å². The number of rotatable bonds is 7. The minimum atomic E-state index is -3.64. The lowest BCUT2D eigenvalue weighted by Gasteiger charge is -2.22. The summed E-state index contributed by atoms with van der Waals surface area (Å²) in [6.07, 6.45) is 3.03. The maximum absolute atomic E-state index is 12.4. The average molecular weight is 376 g/mol. The number of piperidine rings is 1. The third kappa shape index (κ3) is 4.76. The highest BCUT2D eigenvalue weighted by Crippen LogP contribution is 2.20. The minimum Gasteiger partial charge on any atom is -0.316 e. The number of sulfonamides is 2. The zero-order valence-electron chi connectivity index (χ0n) is 14.0. The van der Waals surface area contributed by atoms with Crippen LogP contribution in [0.3, 0.4) is 0 Å². The van der Waals surface area contributed by atoms with Crippen LogP contribution in [0, 0.1) is 12.8 Å². The van der Waals surface area contributed by atoms with E-state index in [2.05, 4.69) is 14.8 Å². The van der Waals surface area contributed by atoms with E-state index >= 15 is 0 Å². The highest BCUT2D eigenvalue weighted by atomic mass is 32.2. The molecule has 1 aliphatic heterocycles. The highest BCUT2D eigenvalue weighted by molar-refractivity contribution is 7.90. The third-order valence-electron chi connectivity index (χ3n) is 4.26. The standard InChI is InChI=1S/C15H25N3O4S2/c1-12-10-14(5-6-15(12)24(21,22)16-2)23(19,20)18-9-7-13-4-3-8-17-11-13/h5-6,10,13,16-18H,3-4,7-9,11H2,1-2H3. The summed E-state index contributed by atoms with van der Waals surface area (Å²) in [4.78, 5) is 0.161. The minimum absolute atomic E-state index is 0.0804. The Bertz CT molecular complexity index is 770. The van der Waals surface area contributed by atoms with Gasteiger partial charge >= 0.3 is 0 Å². The lowest BCUT2D eigenvalue weighted by atomic mass is 9.96. The summed E-state index contributed by atoms with van der Waals surface area (Å²) in [5.41, 5.74) is 0.392. The van der Waals surface area contributed by atoms with Gasteiger partial charge in [-0.15, -0.1) is 0 Å². The van der Waals surface area contributed by atoms with Crippen LogP contribution in [0.25, 0.3) is 0 Å². The maximum Gasteiger partial charge on any atom is 0.240 e. The second-order valence-corrected chi connectivity index (χ2v) is 9.66. The molecule has 3 N–H and O–H groups in total. The van der Waals surface area contributed by atoms with Crippen molar-refractivity contribution in [1.29, 1.82) is 0 Å². The van der Waals surface area contributed by atoms with E-state index in [1.165, 1.54) is 25.2 Å². The Morgan fingerprint density at radius 3 is 2.54 bits per heavy atom. The predicted molar refractivity (Wildman–Crippen MR) is 92.8 cm³/mol. The van der Waals surface area contributed by atoms with E-state index in [1.54, 1.807) is 6.92 Å². The molecule has 7 nitrogen and oxygen atoms in total. The number of hydrogen-bond acceptors (Lipinski definition) is 5. The van der Waals surface area contributed by atoms with Gasteiger partial charge in [-0.05, 0) is 76.0 Å². The second kappa shape index (κ2) is 7.92. The molecule has 1 heterocycles. The first kappa shape index (κ1) is 19.3. The Labute approximate surface area is 144 Å². The molecule has 2 rings (SSSR count). The summed E-state index contributed by atoms with van der Waals surface area (Å²) >= 11 is 0. The van der Waals surface area contributed by atoms with Gasteiger partial charge in [0.15, 0.2) is 0 Å². The molecule has 0 aromatic heterocycles. The SMILES string of the molecule is CNS(=O)(=O)c1ccc(S(=O)(=O)NCCC2CCCNC2)cc1C. The maximum atomic E-state index is 12.4. The molecule has 1 atom stereocenters. The van der Waals surface area contributed by atoms with Gasteiger partial charge in [-0.1, -0.05) is 0 Å². The number of nitrogens with one attached hydrogen (secondary N) is 3. The molecule has 0 amide bonds. The topological polar surface area (TPSA) is 104 Å². The highest BCUT2D eigenvalue weighted by Gasteiger charge is 2.20. The monoisotopic (exact) mass is 375 g/mol. The van der Waals surface area contributed by atoms with Gasteiger partial charge in [-0.25, -0.2) is 26.3 Å². The first-order valence-corrected chi connectivity index (χ1v) is 11.0.